The molecule has 3 atom stereocenters. The highest BCUT2D eigenvalue weighted by molar-refractivity contribution is 7.10. The van der Waals surface area contributed by atoms with E-state index in [2.05, 4.69) is 13.0 Å². The minimum Gasteiger partial charge on any atom is -0.383 e. The Morgan fingerprint density at radius 3 is 2.89 bits per heavy atom. The van der Waals surface area contributed by atoms with Crippen LogP contribution in [-0.4, -0.2) is 5.11 Å². The summed E-state index contributed by atoms with van der Waals surface area (Å²) in [7, 11) is 0. The molecule has 0 saturated heterocycles. The Morgan fingerprint density at radius 1 is 1.63 bits per heavy atom. The molecule has 0 bridgehead atoms. The van der Waals surface area contributed by atoms with Crippen molar-refractivity contribution in [1.29, 1.82) is 5.26 Å². The van der Waals surface area contributed by atoms with Crippen LogP contribution >= 0.6 is 11.3 Å². The Balaban J connectivity index is 2.41. The van der Waals surface area contributed by atoms with Gasteiger partial charge in [0.2, 0.25) is 0 Å². The molecule has 2 nitrogen and oxygen atoms in total. The van der Waals surface area contributed by atoms with Gasteiger partial charge in [0.1, 0.15) is 5.60 Å². The van der Waals surface area contributed by atoms with Gasteiger partial charge in [-0.3, -0.25) is 0 Å². The molecule has 0 spiro atoms. The molecule has 0 amide bonds. The third-order valence-electron chi connectivity index (χ3n) is 4.88. The molecule has 1 fully saturated rings. The quantitative estimate of drug-likeness (QED) is 0.891. The van der Waals surface area contributed by atoms with E-state index < -0.39 is 11.0 Å². The number of thiophene rings is 1. The fourth-order valence-electron chi connectivity index (χ4n) is 3.48. The first-order valence-electron chi connectivity index (χ1n) is 7.15. The van der Waals surface area contributed by atoms with Crippen molar-refractivity contribution in [2.45, 2.75) is 58.5 Å². The molecule has 1 aromatic rings. The first-order valence-corrected chi connectivity index (χ1v) is 8.03. The van der Waals surface area contributed by atoms with Crippen molar-refractivity contribution in [3.8, 4) is 6.07 Å². The molecule has 3 heteroatoms. The SMILES string of the molecule is CCC1CCCC(C#N)(C(C)(O)c2sccc2C)C1. The van der Waals surface area contributed by atoms with Gasteiger partial charge in [-0.2, -0.15) is 5.26 Å². The summed E-state index contributed by atoms with van der Waals surface area (Å²) in [5.74, 6) is 0.570. The minimum atomic E-state index is -1.03. The highest BCUT2D eigenvalue weighted by atomic mass is 32.1. The predicted molar refractivity (Wildman–Crippen MR) is 78.9 cm³/mol. The van der Waals surface area contributed by atoms with E-state index in [1.54, 1.807) is 11.3 Å². The molecule has 1 N–H and O–H groups in total. The number of aryl methyl sites for hydroxylation is 1. The van der Waals surface area contributed by atoms with Gasteiger partial charge in [0, 0.05) is 4.88 Å². The molecule has 1 aliphatic carbocycles. The maximum absolute atomic E-state index is 11.1. The summed E-state index contributed by atoms with van der Waals surface area (Å²) in [5.41, 5.74) is -0.557. The molecule has 0 aliphatic heterocycles. The number of nitriles is 1. The summed E-state index contributed by atoms with van der Waals surface area (Å²) in [4.78, 5) is 0.964. The van der Waals surface area contributed by atoms with Crippen molar-refractivity contribution < 1.29 is 5.11 Å². The highest BCUT2D eigenvalue weighted by Crippen LogP contribution is 2.53. The lowest BCUT2D eigenvalue weighted by Gasteiger charge is -2.45. The molecule has 1 aromatic heterocycles. The van der Waals surface area contributed by atoms with Gasteiger partial charge in [-0.1, -0.05) is 26.2 Å². The molecule has 1 heterocycles. The summed E-state index contributed by atoms with van der Waals surface area (Å²) < 4.78 is 0. The predicted octanol–water partition coefficient (Wildman–Crippen LogP) is 4.37. The third-order valence-corrected chi connectivity index (χ3v) is 6.11. The highest BCUT2D eigenvalue weighted by Gasteiger charge is 2.51. The van der Waals surface area contributed by atoms with Crippen LogP contribution in [0.2, 0.25) is 0 Å². The van der Waals surface area contributed by atoms with E-state index in [9.17, 15) is 10.4 Å². The van der Waals surface area contributed by atoms with E-state index in [4.69, 9.17) is 0 Å². The molecular weight excluding hydrogens is 254 g/mol. The Bertz CT molecular complexity index is 485. The molecule has 19 heavy (non-hydrogen) atoms. The second kappa shape index (κ2) is 5.26. The summed E-state index contributed by atoms with van der Waals surface area (Å²) in [6, 6.07) is 4.52. The molecule has 104 valence electrons. The summed E-state index contributed by atoms with van der Waals surface area (Å²) in [6.45, 7) is 6.04. The van der Waals surface area contributed by atoms with Gasteiger partial charge in [0.15, 0.2) is 0 Å². The van der Waals surface area contributed by atoms with Crippen LogP contribution < -0.4 is 0 Å². The van der Waals surface area contributed by atoms with Crippen molar-refractivity contribution in [2.75, 3.05) is 0 Å². The fraction of sp³-hybridized carbons (Fsp3) is 0.688. The van der Waals surface area contributed by atoms with E-state index in [0.717, 1.165) is 36.1 Å². The molecule has 3 unspecified atom stereocenters. The van der Waals surface area contributed by atoms with Gasteiger partial charge >= 0.3 is 0 Å². The summed E-state index contributed by atoms with van der Waals surface area (Å²) in [5, 5.41) is 22.9. The zero-order valence-corrected chi connectivity index (χ0v) is 12.9. The normalized spacial score (nSPS) is 30.6. The zero-order valence-electron chi connectivity index (χ0n) is 12.1. The number of rotatable bonds is 3. The Morgan fingerprint density at radius 2 is 2.37 bits per heavy atom. The second-order valence-corrected chi connectivity index (χ2v) is 6.99. The van der Waals surface area contributed by atoms with Gasteiger partial charge < -0.3 is 5.11 Å². The molecule has 0 aromatic carbocycles. The first-order chi connectivity index (χ1) is 8.97. The van der Waals surface area contributed by atoms with E-state index in [0.29, 0.717) is 5.92 Å². The van der Waals surface area contributed by atoms with Gasteiger partial charge in [-0.05, 0) is 49.6 Å². The van der Waals surface area contributed by atoms with Gasteiger partial charge in [-0.25, -0.2) is 0 Å². The topological polar surface area (TPSA) is 44.0 Å². The fourth-order valence-corrected chi connectivity index (χ4v) is 4.57. The van der Waals surface area contributed by atoms with Crippen LogP contribution in [0.3, 0.4) is 0 Å². The molecule has 2 rings (SSSR count). The maximum Gasteiger partial charge on any atom is 0.115 e. The second-order valence-electron chi connectivity index (χ2n) is 6.07. The van der Waals surface area contributed by atoms with Crippen LogP contribution in [0.5, 0.6) is 0 Å². The average molecular weight is 277 g/mol. The largest absolute Gasteiger partial charge is 0.383 e. The average Bonchev–Trinajstić information content (AvgIpc) is 2.85. The van der Waals surface area contributed by atoms with E-state index in [-0.39, 0.29) is 0 Å². The monoisotopic (exact) mass is 277 g/mol. The van der Waals surface area contributed by atoms with Crippen LogP contribution in [-0.2, 0) is 5.60 Å². The lowest BCUT2D eigenvalue weighted by atomic mass is 9.61. The number of hydrogen-bond donors (Lipinski definition) is 1. The lowest BCUT2D eigenvalue weighted by Crippen LogP contribution is -2.45. The van der Waals surface area contributed by atoms with Crippen LogP contribution in [0.15, 0.2) is 11.4 Å². The van der Waals surface area contributed by atoms with E-state index in [1.807, 2.05) is 25.3 Å². The Kier molecular flexibility index (Phi) is 4.03. The standard InChI is InChI=1S/C16H23NOS/c1-4-13-6-5-8-16(10-13,11-17)15(3,18)14-12(2)7-9-19-14/h7,9,13,18H,4-6,8,10H2,1-3H3. The lowest BCUT2D eigenvalue weighted by molar-refractivity contribution is -0.0714. The summed E-state index contributed by atoms with van der Waals surface area (Å²) in [6.07, 6.45) is 4.98. The first kappa shape index (κ1) is 14.6. The van der Waals surface area contributed by atoms with Gasteiger partial charge in [0.25, 0.3) is 0 Å². The number of hydrogen-bond acceptors (Lipinski definition) is 3. The summed E-state index contributed by atoms with van der Waals surface area (Å²) >= 11 is 1.57. The number of nitrogens with zero attached hydrogens (tertiary/aromatic N) is 1. The third kappa shape index (κ3) is 2.32. The smallest absolute Gasteiger partial charge is 0.115 e. The zero-order chi connectivity index (χ0) is 14.1. The van der Waals surface area contributed by atoms with E-state index >= 15 is 0 Å². The van der Waals surface area contributed by atoms with Crippen molar-refractivity contribution in [3.05, 3.63) is 21.9 Å². The van der Waals surface area contributed by atoms with Crippen molar-refractivity contribution >= 4 is 11.3 Å². The molecule has 1 saturated carbocycles. The Labute approximate surface area is 120 Å². The van der Waals surface area contributed by atoms with Crippen molar-refractivity contribution in [1.82, 2.24) is 0 Å². The van der Waals surface area contributed by atoms with Crippen molar-refractivity contribution in [3.63, 3.8) is 0 Å². The molecular formula is C16H23NOS. The van der Waals surface area contributed by atoms with Crippen LogP contribution in [0.1, 0.15) is 56.4 Å². The van der Waals surface area contributed by atoms with E-state index in [1.165, 1.54) is 6.42 Å². The maximum atomic E-state index is 11.1. The van der Waals surface area contributed by atoms with Crippen LogP contribution in [0, 0.1) is 29.6 Å². The van der Waals surface area contributed by atoms with Gasteiger partial charge in [-0.15, -0.1) is 11.3 Å². The molecule has 1 aliphatic rings. The number of aliphatic hydroxyl groups is 1. The Hall–Kier alpha value is -0.850. The van der Waals surface area contributed by atoms with Gasteiger partial charge in [0.05, 0.1) is 11.5 Å². The van der Waals surface area contributed by atoms with Crippen LogP contribution in [0.4, 0.5) is 0 Å². The van der Waals surface area contributed by atoms with Crippen LogP contribution in [0.25, 0.3) is 0 Å². The molecule has 0 radical (unpaired) electrons. The minimum absolute atomic E-state index is 0.570. The van der Waals surface area contributed by atoms with Crippen molar-refractivity contribution in [2.24, 2.45) is 11.3 Å².